The molecule has 5 rings (SSSR count). The second-order valence-corrected chi connectivity index (χ2v) is 13.8. The van der Waals surface area contributed by atoms with Crippen LogP contribution in [-0.2, 0) is 11.3 Å². The fourth-order valence-electron chi connectivity index (χ4n) is 5.88. The standard InChI is InChI=1S/C37H49N7O5/c1-8-47-31-11-9-10-27(21-31)23-44-34-32(22-40-44)33(38-25-39-34)42-16-18-43(19-17-42)35(45)28-12-14-30(15-13-28)48-24-29(20-26(2)3)41(7)36(46)49-37(4,5)6/h9-15,21-22,25-26,29H,8,16-20,23-24H2,1-7H3/t29-/m0/s1. The number of likely N-dealkylation sites (N-methyl/N-ethyl adjacent to an activating group) is 1. The van der Waals surface area contributed by atoms with Crippen molar-refractivity contribution in [1.29, 1.82) is 0 Å². The number of ether oxygens (including phenoxy) is 3. The minimum Gasteiger partial charge on any atom is -0.494 e. The third-order valence-corrected chi connectivity index (χ3v) is 8.34. The number of nitrogens with zero attached hydrogens (tertiary/aromatic N) is 7. The summed E-state index contributed by atoms with van der Waals surface area (Å²) in [6.07, 6.45) is 3.79. The minimum absolute atomic E-state index is 0.0246. The number of benzene rings is 2. The van der Waals surface area contributed by atoms with E-state index in [9.17, 15) is 9.59 Å². The van der Waals surface area contributed by atoms with Crippen molar-refractivity contribution in [2.45, 2.75) is 66.2 Å². The van der Waals surface area contributed by atoms with Crippen LogP contribution < -0.4 is 14.4 Å². The third-order valence-electron chi connectivity index (χ3n) is 8.34. The van der Waals surface area contributed by atoms with Crippen molar-refractivity contribution >= 4 is 28.9 Å². The molecule has 0 bridgehead atoms. The molecule has 49 heavy (non-hydrogen) atoms. The number of anilines is 1. The van der Waals surface area contributed by atoms with Crippen LogP contribution in [0.5, 0.6) is 11.5 Å². The summed E-state index contributed by atoms with van der Waals surface area (Å²) in [6, 6.07) is 15.1. The van der Waals surface area contributed by atoms with Crippen LogP contribution in [-0.4, -0.2) is 99.6 Å². The number of hydrogen-bond donors (Lipinski definition) is 0. The molecule has 1 aliphatic rings. The van der Waals surface area contributed by atoms with Crippen molar-refractivity contribution in [3.8, 4) is 11.5 Å². The number of amides is 2. The van der Waals surface area contributed by atoms with E-state index in [-0.39, 0.29) is 18.0 Å². The molecule has 0 aliphatic carbocycles. The Kier molecular flexibility index (Phi) is 11.3. The highest BCUT2D eigenvalue weighted by atomic mass is 16.6. The topological polar surface area (TPSA) is 115 Å². The number of carbonyl (C=O) groups excluding carboxylic acids is 2. The fraction of sp³-hybridized carbons (Fsp3) is 0.486. The van der Waals surface area contributed by atoms with E-state index in [2.05, 4.69) is 33.8 Å². The van der Waals surface area contributed by atoms with Crippen LogP contribution in [0.3, 0.4) is 0 Å². The second kappa shape index (κ2) is 15.6. The Morgan fingerprint density at radius 1 is 0.959 bits per heavy atom. The highest BCUT2D eigenvalue weighted by Crippen LogP contribution is 2.26. The summed E-state index contributed by atoms with van der Waals surface area (Å²) < 4.78 is 19.2. The molecule has 1 saturated heterocycles. The van der Waals surface area contributed by atoms with Crippen molar-refractivity contribution < 1.29 is 23.8 Å². The van der Waals surface area contributed by atoms with E-state index in [1.165, 1.54) is 0 Å². The van der Waals surface area contributed by atoms with Gasteiger partial charge < -0.3 is 28.9 Å². The van der Waals surface area contributed by atoms with Gasteiger partial charge in [0.25, 0.3) is 5.91 Å². The smallest absolute Gasteiger partial charge is 0.410 e. The van der Waals surface area contributed by atoms with Gasteiger partial charge >= 0.3 is 6.09 Å². The van der Waals surface area contributed by atoms with Gasteiger partial charge in [-0.05, 0) is 82.0 Å². The molecule has 2 aromatic heterocycles. The van der Waals surface area contributed by atoms with Crippen LogP contribution in [0.4, 0.5) is 10.6 Å². The van der Waals surface area contributed by atoms with E-state index in [1.54, 1.807) is 30.4 Å². The largest absolute Gasteiger partial charge is 0.494 e. The van der Waals surface area contributed by atoms with E-state index in [0.717, 1.165) is 34.6 Å². The molecule has 4 aromatic rings. The van der Waals surface area contributed by atoms with Gasteiger partial charge in [-0.25, -0.2) is 19.4 Å². The molecule has 12 heteroatoms. The Hall–Kier alpha value is -4.87. The molecule has 1 fully saturated rings. The molecule has 0 saturated carbocycles. The molecule has 0 N–H and O–H groups in total. The summed E-state index contributed by atoms with van der Waals surface area (Å²) in [5, 5.41) is 5.51. The summed E-state index contributed by atoms with van der Waals surface area (Å²) in [5.41, 5.74) is 1.86. The van der Waals surface area contributed by atoms with Gasteiger partial charge in [0.15, 0.2) is 5.65 Å². The molecule has 12 nitrogen and oxygen atoms in total. The molecule has 262 valence electrons. The number of hydrogen-bond acceptors (Lipinski definition) is 9. The van der Waals surface area contributed by atoms with E-state index < -0.39 is 5.60 Å². The van der Waals surface area contributed by atoms with Crippen molar-refractivity contribution in [2.75, 3.05) is 51.3 Å². The Balaban J connectivity index is 1.17. The van der Waals surface area contributed by atoms with E-state index >= 15 is 0 Å². The SMILES string of the molecule is CCOc1cccc(Cn2ncc3c(N4CCN(C(=O)c5ccc(OC[C@H](CC(C)C)N(C)C(=O)OC(C)(C)C)cc5)CC4)ncnc32)c1. The Morgan fingerprint density at radius 2 is 1.69 bits per heavy atom. The van der Waals surface area contributed by atoms with Gasteiger partial charge in [-0.2, -0.15) is 5.10 Å². The molecule has 2 aromatic carbocycles. The molecule has 1 atom stereocenters. The van der Waals surface area contributed by atoms with Crippen molar-refractivity contribution in [3.63, 3.8) is 0 Å². The lowest BCUT2D eigenvalue weighted by Crippen LogP contribution is -2.49. The Morgan fingerprint density at radius 3 is 2.37 bits per heavy atom. The van der Waals surface area contributed by atoms with Gasteiger partial charge in [0.1, 0.15) is 35.9 Å². The number of carbonyl (C=O) groups is 2. The zero-order chi connectivity index (χ0) is 35.1. The number of fused-ring (bicyclic) bond motifs is 1. The monoisotopic (exact) mass is 671 g/mol. The first-order valence-electron chi connectivity index (χ1n) is 17.0. The van der Waals surface area contributed by atoms with Gasteiger partial charge in [0.2, 0.25) is 0 Å². The molecule has 3 heterocycles. The molecular formula is C37H49N7O5. The Bertz CT molecular complexity index is 1710. The summed E-state index contributed by atoms with van der Waals surface area (Å²) in [5.74, 6) is 2.64. The quantitative estimate of drug-likeness (QED) is 0.182. The summed E-state index contributed by atoms with van der Waals surface area (Å²) in [4.78, 5) is 41.0. The maximum Gasteiger partial charge on any atom is 0.410 e. The molecule has 0 radical (unpaired) electrons. The van der Waals surface area contributed by atoms with Crippen LogP contribution in [0, 0.1) is 5.92 Å². The van der Waals surface area contributed by atoms with Crippen molar-refractivity contribution in [2.24, 2.45) is 5.92 Å². The average Bonchev–Trinajstić information content (AvgIpc) is 3.48. The third kappa shape index (κ3) is 9.18. The number of piperazine rings is 1. The van der Waals surface area contributed by atoms with Crippen LogP contribution >= 0.6 is 0 Å². The normalized spacial score (nSPS) is 14.2. The first kappa shape index (κ1) is 35.4. The highest BCUT2D eigenvalue weighted by Gasteiger charge is 2.27. The second-order valence-electron chi connectivity index (χ2n) is 13.8. The predicted octanol–water partition coefficient (Wildman–Crippen LogP) is 5.90. The van der Waals surface area contributed by atoms with Crippen LogP contribution in [0.1, 0.15) is 63.9 Å². The van der Waals surface area contributed by atoms with Gasteiger partial charge in [0, 0.05) is 38.8 Å². The zero-order valence-electron chi connectivity index (χ0n) is 29.8. The molecule has 2 amide bonds. The maximum atomic E-state index is 13.4. The minimum atomic E-state index is -0.575. The lowest BCUT2D eigenvalue weighted by molar-refractivity contribution is 0.0153. The molecule has 0 unspecified atom stereocenters. The molecular weight excluding hydrogens is 622 g/mol. The summed E-state index contributed by atoms with van der Waals surface area (Å²) >= 11 is 0. The zero-order valence-corrected chi connectivity index (χ0v) is 29.8. The van der Waals surface area contributed by atoms with E-state index in [0.29, 0.717) is 63.2 Å². The summed E-state index contributed by atoms with van der Waals surface area (Å²) in [7, 11) is 1.75. The lowest BCUT2D eigenvalue weighted by Gasteiger charge is -2.35. The van der Waals surface area contributed by atoms with Crippen LogP contribution in [0.2, 0.25) is 0 Å². The van der Waals surface area contributed by atoms with Crippen molar-refractivity contribution in [1.82, 2.24) is 29.5 Å². The van der Waals surface area contributed by atoms with Gasteiger partial charge in [-0.3, -0.25) is 4.79 Å². The molecule has 0 spiro atoms. The lowest BCUT2D eigenvalue weighted by atomic mass is 10.0. The van der Waals surface area contributed by atoms with Gasteiger partial charge in [-0.15, -0.1) is 0 Å². The first-order valence-corrected chi connectivity index (χ1v) is 17.0. The van der Waals surface area contributed by atoms with Crippen molar-refractivity contribution in [3.05, 3.63) is 72.2 Å². The number of rotatable bonds is 12. The van der Waals surface area contributed by atoms with E-state index in [1.807, 2.05) is 79.9 Å². The fourth-order valence-corrected chi connectivity index (χ4v) is 5.88. The van der Waals surface area contributed by atoms with Gasteiger partial charge in [-0.1, -0.05) is 26.0 Å². The average molecular weight is 672 g/mol. The van der Waals surface area contributed by atoms with Gasteiger partial charge in [0.05, 0.1) is 30.8 Å². The maximum absolute atomic E-state index is 13.4. The van der Waals surface area contributed by atoms with Crippen LogP contribution in [0.15, 0.2) is 61.1 Å². The first-order chi connectivity index (χ1) is 23.4. The highest BCUT2D eigenvalue weighted by molar-refractivity contribution is 5.94. The summed E-state index contributed by atoms with van der Waals surface area (Å²) in [6.45, 7) is 15.7. The van der Waals surface area contributed by atoms with Crippen LogP contribution in [0.25, 0.3) is 11.0 Å². The molecule has 1 aliphatic heterocycles. The Labute approximate surface area is 289 Å². The predicted molar refractivity (Wildman–Crippen MR) is 189 cm³/mol. The van der Waals surface area contributed by atoms with E-state index in [4.69, 9.17) is 14.2 Å². The number of aromatic nitrogens is 4.